The summed E-state index contributed by atoms with van der Waals surface area (Å²) in [5.41, 5.74) is 5.57. The number of rotatable bonds is 6. The fraction of sp³-hybridized carbons (Fsp3) is 0.938. The number of nitrogens with two attached hydrogens (primary N) is 1. The summed E-state index contributed by atoms with van der Waals surface area (Å²) in [6, 6.07) is 0.255. The normalized spacial score (nSPS) is 27.9. The smallest absolute Gasteiger partial charge is 0.249 e. The molecule has 0 radical (unpaired) electrons. The molecule has 4 nitrogen and oxygen atoms in total. The van der Waals surface area contributed by atoms with Crippen LogP contribution in [-0.2, 0) is 9.53 Å². The Labute approximate surface area is 135 Å². The molecular weight excluding hydrogens is 288 g/mol. The van der Waals surface area contributed by atoms with Crippen LogP contribution >= 0.6 is 12.4 Å². The molecule has 2 aliphatic rings. The highest BCUT2D eigenvalue weighted by atomic mass is 35.5. The molecular formula is C16H31ClN2O2. The van der Waals surface area contributed by atoms with Crippen LogP contribution in [0.3, 0.4) is 0 Å². The first-order valence-electron chi connectivity index (χ1n) is 8.35. The molecule has 5 heteroatoms. The molecule has 1 heterocycles. The van der Waals surface area contributed by atoms with Crippen LogP contribution < -0.4 is 11.1 Å². The van der Waals surface area contributed by atoms with Crippen molar-refractivity contribution in [2.24, 2.45) is 11.7 Å². The van der Waals surface area contributed by atoms with E-state index >= 15 is 0 Å². The van der Waals surface area contributed by atoms with Crippen LogP contribution in [0.5, 0.6) is 0 Å². The van der Waals surface area contributed by atoms with Gasteiger partial charge in [0.1, 0.15) is 6.10 Å². The minimum atomic E-state index is -0.277. The van der Waals surface area contributed by atoms with Crippen LogP contribution in [0.1, 0.15) is 64.7 Å². The molecule has 1 saturated heterocycles. The van der Waals surface area contributed by atoms with Gasteiger partial charge in [-0.2, -0.15) is 0 Å². The Kier molecular flexibility index (Phi) is 8.60. The van der Waals surface area contributed by atoms with Gasteiger partial charge in [0, 0.05) is 12.6 Å². The number of hydrogen-bond acceptors (Lipinski definition) is 3. The van der Waals surface area contributed by atoms with Crippen molar-refractivity contribution in [3.63, 3.8) is 0 Å². The first kappa shape index (κ1) is 18.7. The van der Waals surface area contributed by atoms with Crippen LogP contribution in [-0.4, -0.2) is 30.7 Å². The van der Waals surface area contributed by atoms with Crippen molar-refractivity contribution in [3.05, 3.63) is 0 Å². The Balaban J connectivity index is 0.00000220. The summed E-state index contributed by atoms with van der Waals surface area (Å²) in [6.07, 6.45) is 10.8. The predicted molar refractivity (Wildman–Crippen MR) is 87.6 cm³/mol. The molecule has 2 fully saturated rings. The number of amides is 1. The number of hydrogen-bond donors (Lipinski definition) is 2. The van der Waals surface area contributed by atoms with Gasteiger partial charge >= 0.3 is 0 Å². The average Bonchev–Trinajstić information content (AvgIpc) is 2.95. The standard InChI is InChI=1S/C16H30N2O2.ClH/c1-12(7-8-13-5-3-2-4-6-13)18-16(19)15-10-9-14(11-17)20-15;/h12-15H,2-11,17H2,1H3,(H,18,19);1H/t12?,14-,15+;/m1./s1. The van der Waals surface area contributed by atoms with E-state index in [4.69, 9.17) is 10.5 Å². The van der Waals surface area contributed by atoms with Gasteiger partial charge in [-0.25, -0.2) is 0 Å². The molecule has 1 aliphatic carbocycles. The summed E-state index contributed by atoms with van der Waals surface area (Å²) < 4.78 is 5.63. The summed E-state index contributed by atoms with van der Waals surface area (Å²) >= 11 is 0. The second kappa shape index (κ2) is 9.65. The van der Waals surface area contributed by atoms with Crippen molar-refractivity contribution in [1.82, 2.24) is 5.32 Å². The fourth-order valence-corrected chi connectivity index (χ4v) is 3.44. The Morgan fingerprint density at radius 2 is 1.95 bits per heavy atom. The Hall–Kier alpha value is -0.320. The van der Waals surface area contributed by atoms with Gasteiger partial charge in [-0.3, -0.25) is 4.79 Å². The third-order valence-corrected chi connectivity index (χ3v) is 4.78. The number of carbonyl (C=O) groups excluding carboxylic acids is 1. The maximum absolute atomic E-state index is 12.1. The van der Waals surface area contributed by atoms with Crippen molar-refractivity contribution in [1.29, 1.82) is 0 Å². The summed E-state index contributed by atoms with van der Waals surface area (Å²) in [4.78, 5) is 12.1. The first-order valence-corrected chi connectivity index (χ1v) is 8.35. The van der Waals surface area contributed by atoms with Crippen LogP contribution in [0.4, 0.5) is 0 Å². The van der Waals surface area contributed by atoms with Crippen LogP contribution in [0, 0.1) is 5.92 Å². The lowest BCUT2D eigenvalue weighted by atomic mass is 9.85. The second-order valence-corrected chi connectivity index (χ2v) is 6.55. The topological polar surface area (TPSA) is 64.4 Å². The highest BCUT2D eigenvalue weighted by Gasteiger charge is 2.30. The lowest BCUT2D eigenvalue weighted by molar-refractivity contribution is -0.132. The van der Waals surface area contributed by atoms with Crippen molar-refractivity contribution in [2.45, 2.75) is 83.0 Å². The molecule has 0 aromatic rings. The summed E-state index contributed by atoms with van der Waals surface area (Å²) in [5.74, 6) is 0.935. The minimum absolute atomic E-state index is 0. The van der Waals surface area contributed by atoms with E-state index in [-0.39, 0.29) is 36.6 Å². The number of nitrogens with one attached hydrogen (secondary N) is 1. The van der Waals surface area contributed by atoms with Crippen molar-refractivity contribution < 1.29 is 9.53 Å². The maximum Gasteiger partial charge on any atom is 0.249 e. The van der Waals surface area contributed by atoms with Gasteiger partial charge in [-0.05, 0) is 38.5 Å². The molecule has 0 spiro atoms. The van der Waals surface area contributed by atoms with E-state index in [1.165, 1.54) is 38.5 Å². The van der Waals surface area contributed by atoms with Crippen LogP contribution in [0.15, 0.2) is 0 Å². The zero-order valence-electron chi connectivity index (χ0n) is 13.2. The van der Waals surface area contributed by atoms with Crippen molar-refractivity contribution in [2.75, 3.05) is 6.54 Å². The van der Waals surface area contributed by atoms with E-state index in [2.05, 4.69) is 12.2 Å². The Morgan fingerprint density at radius 3 is 2.57 bits per heavy atom. The highest BCUT2D eigenvalue weighted by molar-refractivity contribution is 5.85. The average molecular weight is 319 g/mol. The van der Waals surface area contributed by atoms with Gasteiger partial charge in [0.15, 0.2) is 0 Å². The molecule has 124 valence electrons. The maximum atomic E-state index is 12.1. The molecule has 1 aliphatic heterocycles. The van der Waals surface area contributed by atoms with E-state index in [0.29, 0.717) is 6.54 Å². The van der Waals surface area contributed by atoms with Crippen LogP contribution in [0.25, 0.3) is 0 Å². The highest BCUT2D eigenvalue weighted by Crippen LogP contribution is 2.27. The third kappa shape index (κ3) is 6.13. The van der Waals surface area contributed by atoms with E-state index in [9.17, 15) is 4.79 Å². The lowest BCUT2D eigenvalue weighted by Crippen LogP contribution is -2.40. The van der Waals surface area contributed by atoms with Crippen molar-refractivity contribution >= 4 is 18.3 Å². The molecule has 2 rings (SSSR count). The predicted octanol–water partition coefficient (Wildman–Crippen LogP) is 2.78. The number of ether oxygens (including phenoxy) is 1. The second-order valence-electron chi connectivity index (χ2n) is 6.55. The quantitative estimate of drug-likeness (QED) is 0.791. The Bertz CT molecular complexity index is 309. The zero-order valence-corrected chi connectivity index (χ0v) is 14.0. The molecule has 21 heavy (non-hydrogen) atoms. The summed E-state index contributed by atoms with van der Waals surface area (Å²) in [5, 5.41) is 3.10. The van der Waals surface area contributed by atoms with E-state index in [1.807, 2.05) is 0 Å². The van der Waals surface area contributed by atoms with Gasteiger partial charge in [0.05, 0.1) is 6.10 Å². The molecule has 0 aromatic carbocycles. The SMILES string of the molecule is CC(CCC1CCCCC1)NC(=O)[C@@H]1CC[C@H](CN)O1.Cl. The first-order chi connectivity index (χ1) is 9.69. The summed E-state index contributed by atoms with van der Waals surface area (Å²) in [7, 11) is 0. The summed E-state index contributed by atoms with van der Waals surface area (Å²) in [6.45, 7) is 2.62. The van der Waals surface area contributed by atoms with E-state index in [0.717, 1.165) is 25.2 Å². The monoisotopic (exact) mass is 318 g/mol. The van der Waals surface area contributed by atoms with E-state index < -0.39 is 0 Å². The molecule has 0 bridgehead atoms. The molecule has 3 atom stereocenters. The molecule has 3 N–H and O–H groups in total. The van der Waals surface area contributed by atoms with Gasteiger partial charge < -0.3 is 15.8 Å². The zero-order chi connectivity index (χ0) is 14.4. The van der Waals surface area contributed by atoms with E-state index in [1.54, 1.807) is 0 Å². The fourth-order valence-electron chi connectivity index (χ4n) is 3.44. The number of carbonyl (C=O) groups is 1. The molecule has 0 aromatic heterocycles. The van der Waals surface area contributed by atoms with Gasteiger partial charge in [0.25, 0.3) is 0 Å². The lowest BCUT2D eigenvalue weighted by Gasteiger charge is -2.24. The van der Waals surface area contributed by atoms with Gasteiger partial charge in [0.2, 0.25) is 5.91 Å². The molecule has 1 unspecified atom stereocenters. The van der Waals surface area contributed by atoms with Crippen LogP contribution in [0.2, 0.25) is 0 Å². The minimum Gasteiger partial charge on any atom is -0.364 e. The largest absolute Gasteiger partial charge is 0.364 e. The Morgan fingerprint density at radius 1 is 1.24 bits per heavy atom. The third-order valence-electron chi connectivity index (χ3n) is 4.78. The molecule has 1 amide bonds. The molecule has 1 saturated carbocycles. The van der Waals surface area contributed by atoms with Gasteiger partial charge in [-0.1, -0.05) is 32.1 Å². The van der Waals surface area contributed by atoms with Crippen molar-refractivity contribution in [3.8, 4) is 0 Å². The number of halogens is 1. The van der Waals surface area contributed by atoms with Gasteiger partial charge in [-0.15, -0.1) is 12.4 Å².